The third kappa shape index (κ3) is 12.0. The molecule has 0 bridgehead atoms. The summed E-state index contributed by atoms with van der Waals surface area (Å²) in [5.41, 5.74) is 2.21. The standard InChI is InChI=1S/C21H36N2O3S/c1-2-3-4-5-7-10-13-18-19(23-21(27)22-18)14-11-8-6-9-12-15-20(25)26-17-16-24/h24H,2-17H2,1H3. The molecule has 0 spiro atoms. The summed E-state index contributed by atoms with van der Waals surface area (Å²) in [4.78, 5) is 20.2. The SMILES string of the molecule is CCCCCCCCC1=NC(=S)N=C1CCCCCCCC(=O)OCCO. The first kappa shape index (κ1) is 23.9. The second kappa shape index (κ2) is 15.9. The zero-order valence-corrected chi connectivity index (χ0v) is 17.7. The summed E-state index contributed by atoms with van der Waals surface area (Å²) in [6, 6.07) is 0. The molecule has 1 N–H and O–H groups in total. The van der Waals surface area contributed by atoms with E-state index < -0.39 is 0 Å². The summed E-state index contributed by atoms with van der Waals surface area (Å²) in [7, 11) is 0. The zero-order valence-electron chi connectivity index (χ0n) is 16.9. The molecule has 1 heterocycles. The number of thiocarbonyl (C=S) groups is 1. The molecule has 0 aromatic carbocycles. The van der Waals surface area contributed by atoms with E-state index in [4.69, 9.17) is 22.1 Å². The minimum atomic E-state index is -0.214. The van der Waals surface area contributed by atoms with Gasteiger partial charge in [0.05, 0.1) is 18.0 Å². The molecular formula is C21H36N2O3S. The highest BCUT2D eigenvalue weighted by Gasteiger charge is 2.16. The van der Waals surface area contributed by atoms with Crippen LogP contribution in [0.2, 0.25) is 0 Å². The van der Waals surface area contributed by atoms with Gasteiger partial charge in [0.25, 0.3) is 0 Å². The van der Waals surface area contributed by atoms with Crippen molar-refractivity contribution in [2.75, 3.05) is 13.2 Å². The summed E-state index contributed by atoms with van der Waals surface area (Å²) in [5, 5.41) is 9.09. The molecular weight excluding hydrogens is 360 g/mol. The molecule has 0 amide bonds. The lowest BCUT2D eigenvalue weighted by Gasteiger charge is -2.06. The van der Waals surface area contributed by atoms with Gasteiger partial charge in [0.2, 0.25) is 5.11 Å². The Morgan fingerprint density at radius 1 is 0.889 bits per heavy atom. The van der Waals surface area contributed by atoms with Gasteiger partial charge < -0.3 is 9.84 Å². The number of hydrogen-bond donors (Lipinski definition) is 1. The van der Waals surface area contributed by atoms with Gasteiger partial charge in [-0.3, -0.25) is 4.79 Å². The number of aliphatic hydroxyl groups excluding tert-OH is 1. The van der Waals surface area contributed by atoms with Crippen LogP contribution in [0.25, 0.3) is 0 Å². The van der Waals surface area contributed by atoms with Crippen LogP contribution in [-0.4, -0.2) is 40.8 Å². The van der Waals surface area contributed by atoms with Crippen LogP contribution in [-0.2, 0) is 9.53 Å². The molecule has 0 radical (unpaired) electrons. The molecule has 0 aromatic rings. The number of carbonyl (C=O) groups excluding carboxylic acids is 1. The highest BCUT2D eigenvalue weighted by Crippen LogP contribution is 2.15. The van der Waals surface area contributed by atoms with Gasteiger partial charge in [0, 0.05) is 6.42 Å². The van der Waals surface area contributed by atoms with Crippen molar-refractivity contribution in [2.45, 2.75) is 96.8 Å². The monoisotopic (exact) mass is 396 g/mol. The van der Waals surface area contributed by atoms with E-state index in [-0.39, 0.29) is 19.2 Å². The maximum absolute atomic E-state index is 11.3. The van der Waals surface area contributed by atoms with Crippen molar-refractivity contribution in [1.29, 1.82) is 0 Å². The summed E-state index contributed by atoms with van der Waals surface area (Å²) in [6.07, 6.45) is 15.3. The smallest absolute Gasteiger partial charge is 0.305 e. The van der Waals surface area contributed by atoms with Gasteiger partial charge >= 0.3 is 5.97 Å². The van der Waals surface area contributed by atoms with Crippen molar-refractivity contribution < 1.29 is 14.6 Å². The first-order valence-electron chi connectivity index (χ1n) is 10.6. The molecule has 0 atom stereocenters. The number of hydrogen-bond acceptors (Lipinski definition) is 4. The Balaban J connectivity index is 2.07. The molecule has 0 unspecified atom stereocenters. The third-order valence-electron chi connectivity index (χ3n) is 4.71. The molecule has 154 valence electrons. The predicted molar refractivity (Wildman–Crippen MR) is 116 cm³/mol. The molecule has 1 aliphatic heterocycles. The largest absolute Gasteiger partial charge is 0.463 e. The molecule has 6 heteroatoms. The molecule has 5 nitrogen and oxygen atoms in total. The van der Waals surface area contributed by atoms with Crippen molar-refractivity contribution in [3.63, 3.8) is 0 Å². The summed E-state index contributed by atoms with van der Waals surface area (Å²) in [5.74, 6) is -0.214. The fourth-order valence-electron chi connectivity index (χ4n) is 3.18. The van der Waals surface area contributed by atoms with Crippen LogP contribution in [0.15, 0.2) is 9.98 Å². The van der Waals surface area contributed by atoms with E-state index in [1.165, 1.54) is 38.5 Å². The Morgan fingerprint density at radius 3 is 1.96 bits per heavy atom. The van der Waals surface area contributed by atoms with Crippen LogP contribution in [0.5, 0.6) is 0 Å². The van der Waals surface area contributed by atoms with Gasteiger partial charge in [-0.05, 0) is 44.3 Å². The molecule has 1 rings (SSSR count). The predicted octanol–water partition coefficient (Wildman–Crippen LogP) is 5.18. The number of aliphatic imine (C=N–C) groups is 2. The second-order valence-corrected chi connectivity index (χ2v) is 7.49. The van der Waals surface area contributed by atoms with Crippen LogP contribution < -0.4 is 0 Å². The number of nitrogens with zero attached hydrogens (tertiary/aromatic N) is 2. The normalized spacial score (nSPS) is 13.6. The number of carbonyl (C=O) groups is 1. The van der Waals surface area contributed by atoms with Crippen LogP contribution in [0.4, 0.5) is 0 Å². The maximum Gasteiger partial charge on any atom is 0.305 e. The number of ether oxygens (including phenoxy) is 1. The number of esters is 1. The first-order valence-corrected chi connectivity index (χ1v) is 11.0. The van der Waals surface area contributed by atoms with E-state index in [0.29, 0.717) is 11.5 Å². The van der Waals surface area contributed by atoms with Crippen molar-refractivity contribution in [3.8, 4) is 0 Å². The number of rotatable bonds is 17. The molecule has 27 heavy (non-hydrogen) atoms. The molecule has 0 saturated carbocycles. The van der Waals surface area contributed by atoms with E-state index in [9.17, 15) is 4.79 Å². The molecule has 0 fully saturated rings. The van der Waals surface area contributed by atoms with Crippen LogP contribution in [0, 0.1) is 0 Å². The average Bonchev–Trinajstić information content (AvgIpc) is 3.01. The summed E-state index contributed by atoms with van der Waals surface area (Å²) in [6.45, 7) is 2.23. The molecule has 0 aliphatic carbocycles. The van der Waals surface area contributed by atoms with Gasteiger partial charge in [0.1, 0.15) is 6.61 Å². The van der Waals surface area contributed by atoms with Crippen molar-refractivity contribution in [2.24, 2.45) is 9.98 Å². The second-order valence-electron chi connectivity index (χ2n) is 7.13. The Bertz CT molecular complexity index is 504. The van der Waals surface area contributed by atoms with Crippen LogP contribution >= 0.6 is 12.2 Å². The quantitative estimate of drug-likeness (QED) is 0.209. The highest BCUT2D eigenvalue weighted by molar-refractivity contribution is 7.80. The van der Waals surface area contributed by atoms with Gasteiger partial charge in [0.15, 0.2) is 0 Å². The van der Waals surface area contributed by atoms with Gasteiger partial charge in [-0.2, -0.15) is 0 Å². The molecule has 0 saturated heterocycles. The fraction of sp³-hybridized carbons (Fsp3) is 0.810. The van der Waals surface area contributed by atoms with Crippen molar-refractivity contribution in [1.82, 2.24) is 0 Å². The van der Waals surface area contributed by atoms with Crippen LogP contribution in [0.1, 0.15) is 96.8 Å². The maximum atomic E-state index is 11.3. The van der Waals surface area contributed by atoms with Crippen molar-refractivity contribution >= 4 is 34.7 Å². The van der Waals surface area contributed by atoms with Gasteiger partial charge in [-0.25, -0.2) is 9.98 Å². The van der Waals surface area contributed by atoms with Gasteiger partial charge in [-0.1, -0.05) is 58.3 Å². The Labute approximate surface area is 169 Å². The minimum Gasteiger partial charge on any atom is -0.463 e. The van der Waals surface area contributed by atoms with Crippen LogP contribution in [0.3, 0.4) is 0 Å². The number of aliphatic hydroxyl groups is 1. The van der Waals surface area contributed by atoms with E-state index in [0.717, 1.165) is 56.4 Å². The lowest BCUT2D eigenvalue weighted by atomic mass is 10.0. The minimum absolute atomic E-state index is 0.103. The van der Waals surface area contributed by atoms with E-state index >= 15 is 0 Å². The zero-order chi connectivity index (χ0) is 19.7. The summed E-state index contributed by atoms with van der Waals surface area (Å²) < 4.78 is 4.84. The summed E-state index contributed by atoms with van der Waals surface area (Å²) >= 11 is 5.17. The lowest BCUT2D eigenvalue weighted by molar-refractivity contribution is -0.144. The Kier molecular flexibility index (Phi) is 14.0. The topological polar surface area (TPSA) is 71.2 Å². The highest BCUT2D eigenvalue weighted by atomic mass is 32.1. The first-order chi connectivity index (χ1) is 13.2. The number of unbranched alkanes of at least 4 members (excludes halogenated alkanes) is 9. The molecule has 0 aromatic heterocycles. The average molecular weight is 397 g/mol. The van der Waals surface area contributed by atoms with E-state index in [2.05, 4.69) is 16.9 Å². The lowest BCUT2D eigenvalue weighted by Crippen LogP contribution is -2.11. The Hall–Kier alpha value is -1.14. The fourth-order valence-corrected chi connectivity index (χ4v) is 3.40. The third-order valence-corrected chi connectivity index (χ3v) is 4.89. The Morgan fingerprint density at radius 2 is 1.41 bits per heavy atom. The van der Waals surface area contributed by atoms with E-state index in [1.54, 1.807) is 0 Å². The van der Waals surface area contributed by atoms with Gasteiger partial charge in [-0.15, -0.1) is 0 Å². The van der Waals surface area contributed by atoms with E-state index in [1.807, 2.05) is 0 Å². The van der Waals surface area contributed by atoms with Crippen molar-refractivity contribution in [3.05, 3.63) is 0 Å². The molecule has 1 aliphatic rings.